The van der Waals surface area contributed by atoms with Gasteiger partial charge in [-0.15, -0.1) is 8.78 Å². The Morgan fingerprint density at radius 2 is 1.62 bits per heavy atom. The van der Waals surface area contributed by atoms with Crippen molar-refractivity contribution in [3.05, 3.63) is 0 Å². The Kier molecular flexibility index (Phi) is 2.32. The van der Waals surface area contributed by atoms with Gasteiger partial charge in [-0.3, -0.25) is 0 Å². The number of ether oxygens (including phenoxy) is 1. The van der Waals surface area contributed by atoms with Crippen molar-refractivity contribution in [1.29, 1.82) is 0 Å². The van der Waals surface area contributed by atoms with Crippen molar-refractivity contribution in [1.82, 2.24) is 15.0 Å². The molecule has 0 aliphatic carbocycles. The molecule has 1 rings (SSSR count). The van der Waals surface area contributed by atoms with Crippen molar-refractivity contribution in [2.75, 3.05) is 11.5 Å². The molecule has 0 aliphatic heterocycles. The Morgan fingerprint density at radius 3 is 2.00 bits per heavy atom. The van der Waals surface area contributed by atoms with Crippen LogP contribution in [0.5, 0.6) is 6.01 Å². The maximum atomic E-state index is 12.0. The van der Waals surface area contributed by atoms with Gasteiger partial charge in [0.1, 0.15) is 0 Å². The molecule has 0 radical (unpaired) electrons. The van der Waals surface area contributed by atoms with Gasteiger partial charge in [-0.05, 0) is 0 Å². The second-order valence-corrected chi connectivity index (χ2v) is 2.32. The molecule has 4 N–H and O–H groups in total. The van der Waals surface area contributed by atoms with E-state index < -0.39 is 11.6 Å². The monoisotopic (exact) mass is 211 g/mol. The number of anilines is 2. The molecule has 6 nitrogen and oxygen atoms in total. The first-order valence-corrected chi connectivity index (χ1v) is 3.27. The molecule has 0 aliphatic rings. The highest BCUT2D eigenvalue weighted by Gasteiger charge is 2.29. The van der Waals surface area contributed by atoms with Gasteiger partial charge >= 0.3 is 11.6 Å². The van der Waals surface area contributed by atoms with Gasteiger partial charge in [-0.2, -0.15) is 15.0 Å². The minimum Gasteiger partial charge on any atom is -0.385 e. The maximum absolute atomic E-state index is 12.0. The average Bonchev–Trinajstić information content (AvgIpc) is 1.78. The smallest absolute Gasteiger partial charge is 0.385 e. The van der Waals surface area contributed by atoms with Crippen molar-refractivity contribution in [3.8, 4) is 6.01 Å². The van der Waals surface area contributed by atoms with E-state index in [2.05, 4.69) is 31.3 Å². The molecule has 72 valence electrons. The number of nitrogens with zero attached hydrogens (tertiary/aromatic N) is 3. The topological polar surface area (TPSA) is 99.9 Å². The number of nitrogen functional groups attached to an aromatic ring is 2. The predicted octanol–water partition coefficient (Wildman–Crippen LogP) is 0.204. The molecule has 0 saturated heterocycles. The highest BCUT2D eigenvalue weighted by atomic mass is 35.5. The van der Waals surface area contributed by atoms with E-state index in [-0.39, 0.29) is 11.9 Å². The minimum atomic E-state index is -3.90. The molecule has 0 fully saturated rings. The van der Waals surface area contributed by atoms with Crippen molar-refractivity contribution in [3.63, 3.8) is 0 Å². The molecule has 1 aromatic rings. The summed E-state index contributed by atoms with van der Waals surface area (Å²) in [6.45, 7) is 0. The van der Waals surface area contributed by atoms with E-state index in [4.69, 9.17) is 11.5 Å². The highest BCUT2D eigenvalue weighted by Crippen LogP contribution is 2.22. The fourth-order valence-electron chi connectivity index (χ4n) is 0.538. The lowest BCUT2D eigenvalue weighted by Gasteiger charge is -2.08. The van der Waals surface area contributed by atoms with Gasteiger partial charge in [0.2, 0.25) is 11.9 Å². The number of nitrogens with two attached hydrogens (primary N) is 2. The van der Waals surface area contributed by atoms with Crippen LogP contribution in [-0.4, -0.2) is 20.5 Å². The SMILES string of the molecule is Nc1nc(N)nc(OC(F)(F)Cl)n1. The normalized spacial score (nSPS) is 11.3. The number of hydrogen-bond donors (Lipinski definition) is 2. The van der Waals surface area contributed by atoms with E-state index in [1.807, 2.05) is 0 Å². The molecule has 0 unspecified atom stereocenters. The zero-order chi connectivity index (χ0) is 10.1. The molecule has 0 aromatic carbocycles. The lowest BCUT2D eigenvalue weighted by atomic mass is 10.9. The van der Waals surface area contributed by atoms with Gasteiger partial charge in [0.25, 0.3) is 0 Å². The molecule has 1 heterocycles. The Morgan fingerprint density at radius 1 is 1.15 bits per heavy atom. The van der Waals surface area contributed by atoms with Gasteiger partial charge in [0.15, 0.2) is 0 Å². The lowest BCUT2D eigenvalue weighted by molar-refractivity contribution is -0.102. The number of rotatable bonds is 2. The highest BCUT2D eigenvalue weighted by molar-refractivity contribution is 6.20. The molecule has 9 heteroatoms. The lowest BCUT2D eigenvalue weighted by Crippen LogP contribution is -2.18. The van der Waals surface area contributed by atoms with Crippen LogP contribution in [0.2, 0.25) is 0 Å². The second-order valence-electron chi connectivity index (χ2n) is 1.88. The third kappa shape index (κ3) is 3.20. The Labute approximate surface area is 75.9 Å². The largest absolute Gasteiger partial charge is 0.489 e. The van der Waals surface area contributed by atoms with Crippen LogP contribution < -0.4 is 16.2 Å². The Balaban J connectivity index is 2.90. The molecular weight excluding hydrogens is 208 g/mol. The summed E-state index contributed by atoms with van der Waals surface area (Å²) in [5.41, 5.74) is 6.23. The zero-order valence-corrected chi connectivity index (χ0v) is 6.79. The van der Waals surface area contributed by atoms with Crippen LogP contribution in [-0.2, 0) is 0 Å². The zero-order valence-electron chi connectivity index (χ0n) is 6.04. The van der Waals surface area contributed by atoms with Crippen LogP contribution in [0.1, 0.15) is 0 Å². The van der Waals surface area contributed by atoms with Gasteiger partial charge in [0.05, 0.1) is 0 Å². The fourth-order valence-corrected chi connectivity index (χ4v) is 0.607. The first-order valence-electron chi connectivity index (χ1n) is 2.89. The van der Waals surface area contributed by atoms with Crippen molar-refractivity contribution in [2.24, 2.45) is 0 Å². The van der Waals surface area contributed by atoms with Crippen LogP contribution in [0, 0.1) is 0 Å². The summed E-state index contributed by atoms with van der Waals surface area (Å²) in [4.78, 5) is 9.75. The van der Waals surface area contributed by atoms with Gasteiger partial charge in [-0.1, -0.05) is 0 Å². The van der Waals surface area contributed by atoms with Gasteiger partial charge in [0, 0.05) is 11.6 Å². The third-order valence-corrected chi connectivity index (χ3v) is 0.934. The summed E-state index contributed by atoms with van der Waals surface area (Å²) >= 11 is 4.43. The number of halogens is 3. The number of hydrogen-bond acceptors (Lipinski definition) is 6. The van der Waals surface area contributed by atoms with E-state index in [1.165, 1.54) is 0 Å². The Hall–Kier alpha value is -1.44. The molecule has 0 saturated carbocycles. The van der Waals surface area contributed by atoms with Crippen LogP contribution in [0.25, 0.3) is 0 Å². The molecule has 0 atom stereocenters. The first kappa shape index (κ1) is 9.65. The average molecular weight is 212 g/mol. The molecular formula is C4H4ClF2N5O. The van der Waals surface area contributed by atoms with Crippen LogP contribution >= 0.6 is 11.6 Å². The first-order chi connectivity index (χ1) is 5.87. The summed E-state index contributed by atoms with van der Waals surface area (Å²) < 4.78 is 27.8. The molecule has 0 spiro atoms. The van der Waals surface area contributed by atoms with E-state index in [9.17, 15) is 8.78 Å². The summed E-state index contributed by atoms with van der Waals surface area (Å²) in [5.74, 6) is -0.660. The van der Waals surface area contributed by atoms with Crippen molar-refractivity contribution >= 4 is 23.5 Å². The molecule has 1 aromatic heterocycles. The minimum absolute atomic E-state index is 0.330. The number of aromatic nitrogens is 3. The predicted molar refractivity (Wildman–Crippen MR) is 40.1 cm³/mol. The number of alkyl halides is 3. The van der Waals surface area contributed by atoms with E-state index >= 15 is 0 Å². The molecule has 0 bridgehead atoms. The van der Waals surface area contributed by atoms with Crippen LogP contribution in [0.4, 0.5) is 20.7 Å². The standard InChI is InChI=1S/C4H4ClF2N5O/c5-4(6,7)13-3-11-1(8)10-2(9)12-3/h(H4,8,9,10,11,12). The molecule has 0 amide bonds. The van der Waals surface area contributed by atoms with Crippen molar-refractivity contribution < 1.29 is 13.5 Å². The van der Waals surface area contributed by atoms with Crippen LogP contribution in [0.3, 0.4) is 0 Å². The van der Waals surface area contributed by atoms with Gasteiger partial charge in [-0.25, -0.2) is 0 Å². The summed E-state index contributed by atoms with van der Waals surface area (Å²) in [6.07, 6.45) is 0. The Bertz CT molecular complexity index is 296. The molecule has 13 heavy (non-hydrogen) atoms. The van der Waals surface area contributed by atoms with Crippen molar-refractivity contribution in [2.45, 2.75) is 5.57 Å². The fraction of sp³-hybridized carbons (Fsp3) is 0.250. The summed E-state index contributed by atoms with van der Waals surface area (Å²) in [6, 6.07) is -0.731. The van der Waals surface area contributed by atoms with E-state index in [0.717, 1.165) is 0 Å². The van der Waals surface area contributed by atoms with E-state index in [1.54, 1.807) is 0 Å². The quantitative estimate of drug-likeness (QED) is 0.678. The third-order valence-electron chi connectivity index (χ3n) is 0.857. The van der Waals surface area contributed by atoms with Crippen LogP contribution in [0.15, 0.2) is 0 Å². The second kappa shape index (κ2) is 3.13. The summed E-state index contributed by atoms with van der Waals surface area (Å²) in [7, 11) is 0. The summed E-state index contributed by atoms with van der Waals surface area (Å²) in [5, 5.41) is 0. The van der Waals surface area contributed by atoms with E-state index in [0.29, 0.717) is 0 Å². The maximum Gasteiger partial charge on any atom is 0.489 e. The van der Waals surface area contributed by atoms with Gasteiger partial charge < -0.3 is 16.2 Å².